The SMILES string of the molecule is CC1OC(=O)C(C)OC1=O.CC1OC(=O)C(C)OC1=O.CC1OC(=O)C(C)OC1=O.COC(=O)C(C)OC(=O)C(C)OC(=O)CCCCCO.COC(=O)CCCCCOC(=O)C(C)OC(=O)C(C)O.COC(=O)CCCCCOC(=O)C(C)OC(=O)C(C)O.O=C1CCCCCO1.O=C1CCCCCO1.O=C1CCCCCO1. The minimum Gasteiger partial charge on any atom is -0.469 e. The summed E-state index contributed by atoms with van der Waals surface area (Å²) in [5.74, 6) is -8.53. The fourth-order valence-corrected chi connectivity index (χ4v) is 8.20. The monoisotopic (exact) mass is 1640 g/mol. The van der Waals surface area contributed by atoms with E-state index in [4.69, 9.17) is 48.5 Å². The van der Waals surface area contributed by atoms with Crippen molar-refractivity contribution in [1.29, 1.82) is 0 Å². The molecule has 0 aromatic carbocycles. The van der Waals surface area contributed by atoms with Crippen molar-refractivity contribution in [3.05, 3.63) is 0 Å². The number of methoxy groups -OCH3 is 3. The van der Waals surface area contributed by atoms with Crippen LogP contribution in [0.25, 0.3) is 0 Å². The predicted molar refractivity (Wildman–Crippen MR) is 388 cm³/mol. The third-order valence-electron chi connectivity index (χ3n) is 15.0. The first-order valence-electron chi connectivity index (χ1n) is 37.7. The molecule has 654 valence electrons. The zero-order valence-corrected chi connectivity index (χ0v) is 68.2. The van der Waals surface area contributed by atoms with Crippen LogP contribution in [-0.2, 0) is 172 Å². The van der Waals surface area contributed by atoms with Gasteiger partial charge in [-0.25, -0.2) is 57.5 Å². The van der Waals surface area contributed by atoms with Crippen molar-refractivity contribution in [2.45, 2.75) is 310 Å². The van der Waals surface area contributed by atoms with Crippen molar-refractivity contribution in [3.8, 4) is 0 Å². The number of rotatable bonds is 27. The number of carbonyl (C=O) groups is 18. The summed E-state index contributed by atoms with van der Waals surface area (Å²) in [5, 5.41) is 26.4. The lowest BCUT2D eigenvalue weighted by molar-refractivity contribution is -0.191. The van der Waals surface area contributed by atoms with Crippen LogP contribution >= 0.6 is 0 Å². The van der Waals surface area contributed by atoms with Gasteiger partial charge in [0.1, 0.15) is 12.2 Å². The van der Waals surface area contributed by atoms with E-state index in [-0.39, 0.29) is 56.1 Å². The molecule has 0 amide bonds. The van der Waals surface area contributed by atoms with Crippen molar-refractivity contribution in [1.82, 2.24) is 0 Å². The smallest absolute Gasteiger partial charge is 0.347 e. The highest BCUT2D eigenvalue weighted by molar-refractivity contribution is 5.89. The maximum Gasteiger partial charge on any atom is 0.347 e. The van der Waals surface area contributed by atoms with Gasteiger partial charge in [0.25, 0.3) is 0 Å². The van der Waals surface area contributed by atoms with Crippen molar-refractivity contribution >= 4 is 107 Å². The predicted octanol–water partition coefficient (Wildman–Crippen LogP) is 4.63. The molecule has 6 aliphatic rings. The first kappa shape index (κ1) is 108. The molecule has 3 N–H and O–H groups in total. The molecule has 0 radical (unpaired) electrons. The van der Waals surface area contributed by atoms with E-state index in [1.807, 2.05) is 0 Å². The molecule has 0 bridgehead atoms. The molecular weight excluding hydrogens is 1520 g/mol. The largest absolute Gasteiger partial charge is 0.469 e. The molecule has 6 rings (SSSR count). The summed E-state index contributed by atoms with van der Waals surface area (Å²) < 4.78 is 84.1. The van der Waals surface area contributed by atoms with E-state index in [2.05, 4.69) is 52.1 Å². The Bertz CT molecular complexity index is 2640. The van der Waals surface area contributed by atoms with Gasteiger partial charge in [-0.2, -0.15) is 0 Å². The second kappa shape index (κ2) is 65.7. The van der Waals surface area contributed by atoms with Crippen LogP contribution in [0.4, 0.5) is 0 Å². The highest BCUT2D eigenvalue weighted by Crippen LogP contribution is 2.14. The van der Waals surface area contributed by atoms with Crippen LogP contribution in [0.3, 0.4) is 0 Å². The highest BCUT2D eigenvalue weighted by atomic mass is 16.7. The maximum atomic E-state index is 11.5. The molecule has 0 spiro atoms. The molecule has 0 aromatic rings. The second-order valence-electron chi connectivity index (χ2n) is 25.5. The summed E-state index contributed by atoms with van der Waals surface area (Å²) in [5.41, 5.74) is 0. The number of hydrogen-bond donors (Lipinski definition) is 3. The first-order valence-corrected chi connectivity index (χ1v) is 37.7. The molecule has 39 heteroatoms. The fraction of sp³-hybridized carbons (Fsp3) is 0.760. The highest BCUT2D eigenvalue weighted by Gasteiger charge is 2.35. The third kappa shape index (κ3) is 57.4. The van der Waals surface area contributed by atoms with E-state index in [1.165, 1.54) is 104 Å². The van der Waals surface area contributed by atoms with E-state index in [9.17, 15) is 86.3 Å². The minimum atomic E-state index is -1.27. The molecule has 12 unspecified atom stereocenters. The third-order valence-corrected chi connectivity index (χ3v) is 15.0. The maximum absolute atomic E-state index is 11.5. The van der Waals surface area contributed by atoms with Crippen molar-refractivity contribution in [2.75, 3.05) is 61.0 Å². The Balaban J connectivity index is -0.00000124. The summed E-state index contributed by atoms with van der Waals surface area (Å²) >= 11 is 0. The van der Waals surface area contributed by atoms with E-state index < -0.39 is 151 Å². The number of aliphatic hydroxyl groups excluding tert-OH is 3. The lowest BCUT2D eigenvalue weighted by Crippen LogP contribution is -2.40. The molecule has 0 aromatic heterocycles. The van der Waals surface area contributed by atoms with Gasteiger partial charge in [-0.05, 0) is 192 Å². The van der Waals surface area contributed by atoms with E-state index in [1.54, 1.807) is 0 Å². The number of aliphatic hydroxyl groups is 3. The van der Waals surface area contributed by atoms with Gasteiger partial charge in [0.2, 0.25) is 0 Å². The average Bonchev–Trinajstić information content (AvgIpc) is 0.946. The van der Waals surface area contributed by atoms with Crippen LogP contribution in [0.2, 0.25) is 0 Å². The molecule has 0 aliphatic carbocycles. The standard InChI is InChI=1S/3C13H22O7.3C6H8O4.3C6H10O2/c2*1-9(14)12(16)20-10(2)13(17)19-8-6-4-5-7-11(15)18-3;1-9(12(16)18-3)20-13(17)10(2)19-11(15)7-5-4-6-8-14;3*1-3-5(7)10-4(2)6(8)9-3;3*7-6-4-2-1-3-5-8-6/h3*9-10,14H,4-8H2,1-3H3;3*3-4H,1-2H3;3*1-5H2. The lowest BCUT2D eigenvalue weighted by atomic mass is 10.2. The average molecular weight is 1650 g/mol. The fourth-order valence-electron chi connectivity index (χ4n) is 8.20. The molecule has 6 aliphatic heterocycles. The Hall–Kier alpha value is -9.66. The van der Waals surface area contributed by atoms with Gasteiger partial charge in [-0.3, -0.25) is 28.8 Å². The molecule has 39 nitrogen and oxygen atoms in total. The van der Waals surface area contributed by atoms with Crippen LogP contribution in [0.5, 0.6) is 0 Å². The van der Waals surface area contributed by atoms with Gasteiger partial charge in [0, 0.05) is 45.1 Å². The number of esters is 18. The number of carbonyl (C=O) groups excluding carboxylic acids is 18. The number of hydrogen-bond acceptors (Lipinski definition) is 39. The van der Waals surface area contributed by atoms with Gasteiger partial charge in [0.05, 0.1) is 54.4 Å². The minimum absolute atomic E-state index is 0.0255. The normalized spacial score (nSPS) is 20.2. The zero-order valence-electron chi connectivity index (χ0n) is 68.2. The lowest BCUT2D eigenvalue weighted by Gasteiger charge is -2.22. The van der Waals surface area contributed by atoms with Crippen LogP contribution in [0, 0.1) is 0 Å². The van der Waals surface area contributed by atoms with Gasteiger partial charge >= 0.3 is 107 Å². The van der Waals surface area contributed by atoms with Crippen LogP contribution < -0.4 is 0 Å². The van der Waals surface area contributed by atoms with Crippen molar-refractivity contribution < 1.29 is 187 Å². The van der Waals surface area contributed by atoms with E-state index >= 15 is 0 Å². The Morgan fingerprint density at radius 2 is 0.588 bits per heavy atom. The first-order chi connectivity index (χ1) is 53.7. The Morgan fingerprint density at radius 1 is 0.325 bits per heavy atom. The summed E-state index contributed by atoms with van der Waals surface area (Å²) in [6.07, 6.45) is 7.02. The van der Waals surface area contributed by atoms with Crippen molar-refractivity contribution in [2.24, 2.45) is 0 Å². The molecule has 0 saturated carbocycles. The second-order valence-corrected chi connectivity index (χ2v) is 25.5. The van der Waals surface area contributed by atoms with Crippen LogP contribution in [0.15, 0.2) is 0 Å². The Kier molecular flexibility index (Phi) is 62.5. The molecule has 6 heterocycles. The number of ether oxygens (including phenoxy) is 18. The number of cyclic esters (lactones) is 9. The van der Waals surface area contributed by atoms with Crippen LogP contribution in [0.1, 0.15) is 237 Å². The molecule has 114 heavy (non-hydrogen) atoms. The summed E-state index contributed by atoms with van der Waals surface area (Å²) in [7, 11) is 3.85. The van der Waals surface area contributed by atoms with Gasteiger partial charge in [-0.15, -0.1) is 0 Å². The van der Waals surface area contributed by atoms with Gasteiger partial charge in [-0.1, -0.05) is 6.42 Å². The summed E-state index contributed by atoms with van der Waals surface area (Å²) in [4.78, 5) is 196. The van der Waals surface area contributed by atoms with Crippen LogP contribution in [-0.4, -0.2) is 257 Å². The quantitative estimate of drug-likeness (QED) is 0.0573. The number of unbranched alkanes of at least 4 members (excludes halogenated alkanes) is 6. The Morgan fingerprint density at radius 3 is 0.860 bits per heavy atom. The topological polar surface area (TPSA) is 534 Å². The van der Waals surface area contributed by atoms with E-state index in [0.29, 0.717) is 96.9 Å². The van der Waals surface area contributed by atoms with Gasteiger partial charge < -0.3 is 101 Å². The molecule has 6 fully saturated rings. The van der Waals surface area contributed by atoms with Crippen molar-refractivity contribution in [3.63, 3.8) is 0 Å². The molecule has 6 saturated heterocycles. The Labute approximate surface area is 663 Å². The van der Waals surface area contributed by atoms with E-state index in [0.717, 1.165) is 70.6 Å². The summed E-state index contributed by atoms with van der Waals surface area (Å²) in [6.45, 7) is 19.2. The molecular formula is C75H120O39. The van der Waals surface area contributed by atoms with Gasteiger partial charge in [0.15, 0.2) is 61.0 Å². The summed E-state index contributed by atoms with van der Waals surface area (Å²) in [6, 6.07) is 0. The molecule has 12 atom stereocenters. The zero-order chi connectivity index (χ0) is 87.3.